The van der Waals surface area contributed by atoms with Crippen LogP contribution in [0.3, 0.4) is 0 Å². The summed E-state index contributed by atoms with van der Waals surface area (Å²) >= 11 is 1.70. The molecule has 3 heterocycles. The molecule has 1 aliphatic heterocycles. The van der Waals surface area contributed by atoms with Crippen LogP contribution in [0.15, 0.2) is 5.38 Å². The molecule has 20 heavy (non-hydrogen) atoms. The number of hydrogen-bond acceptors (Lipinski definition) is 6. The smallest absolute Gasteiger partial charge is 0.185 e. The molecule has 0 amide bonds. The van der Waals surface area contributed by atoms with Gasteiger partial charge in [0, 0.05) is 24.4 Å². The summed E-state index contributed by atoms with van der Waals surface area (Å²) in [5.41, 5.74) is 1.06. The minimum atomic E-state index is 0.597. The second kappa shape index (κ2) is 5.14. The highest BCUT2D eigenvalue weighted by Gasteiger charge is 2.27. The first-order valence-electron chi connectivity index (χ1n) is 7.07. The van der Waals surface area contributed by atoms with Gasteiger partial charge in [0.1, 0.15) is 5.82 Å². The number of anilines is 1. The second-order valence-corrected chi connectivity index (χ2v) is 6.15. The summed E-state index contributed by atoms with van der Waals surface area (Å²) in [5.74, 6) is 2.49. The zero-order valence-electron chi connectivity index (χ0n) is 11.2. The first-order chi connectivity index (χ1) is 9.88. The Bertz CT molecular complexity index is 585. The van der Waals surface area contributed by atoms with Crippen molar-refractivity contribution in [3.8, 4) is 0 Å². The number of rotatable bonds is 4. The monoisotopic (exact) mass is 291 g/mol. The lowest BCUT2D eigenvalue weighted by Gasteiger charge is -2.26. The van der Waals surface area contributed by atoms with E-state index in [1.165, 1.54) is 12.8 Å². The van der Waals surface area contributed by atoms with E-state index in [0.29, 0.717) is 5.92 Å². The van der Waals surface area contributed by atoms with Crippen molar-refractivity contribution in [2.24, 2.45) is 0 Å². The third-order valence-corrected chi connectivity index (χ3v) is 4.61. The Morgan fingerprint density at radius 3 is 2.95 bits per heavy atom. The van der Waals surface area contributed by atoms with Gasteiger partial charge in [-0.3, -0.25) is 5.10 Å². The Morgan fingerprint density at radius 1 is 1.30 bits per heavy atom. The maximum absolute atomic E-state index is 5.37. The average molecular weight is 291 g/mol. The number of aromatic amines is 1. The van der Waals surface area contributed by atoms with Gasteiger partial charge in [-0.15, -0.1) is 11.3 Å². The van der Waals surface area contributed by atoms with Gasteiger partial charge in [-0.25, -0.2) is 9.97 Å². The van der Waals surface area contributed by atoms with E-state index in [-0.39, 0.29) is 0 Å². The van der Waals surface area contributed by atoms with E-state index in [9.17, 15) is 0 Å². The van der Waals surface area contributed by atoms with Crippen molar-refractivity contribution in [3.05, 3.63) is 22.7 Å². The Labute approximate surface area is 121 Å². The number of aromatic nitrogens is 4. The summed E-state index contributed by atoms with van der Waals surface area (Å²) in [6, 6.07) is 0. The fourth-order valence-electron chi connectivity index (χ4n) is 2.36. The summed E-state index contributed by atoms with van der Waals surface area (Å²) < 4.78 is 5.37. The summed E-state index contributed by atoms with van der Waals surface area (Å²) in [6.07, 6.45) is 3.20. The lowest BCUT2D eigenvalue weighted by molar-refractivity contribution is 0.122. The van der Waals surface area contributed by atoms with Crippen molar-refractivity contribution >= 4 is 16.5 Å². The first-order valence-corrected chi connectivity index (χ1v) is 7.95. The van der Waals surface area contributed by atoms with Crippen LogP contribution in [0.25, 0.3) is 0 Å². The van der Waals surface area contributed by atoms with E-state index in [1.54, 1.807) is 11.3 Å². The van der Waals surface area contributed by atoms with Crippen molar-refractivity contribution in [1.29, 1.82) is 0 Å². The molecule has 2 aromatic rings. The van der Waals surface area contributed by atoms with Crippen molar-refractivity contribution in [3.63, 3.8) is 0 Å². The molecule has 0 atom stereocenters. The molecular formula is C13H17N5OS. The van der Waals surface area contributed by atoms with Gasteiger partial charge in [0.05, 0.1) is 25.3 Å². The third kappa shape index (κ3) is 2.55. The van der Waals surface area contributed by atoms with Crippen molar-refractivity contribution in [1.82, 2.24) is 20.2 Å². The maximum atomic E-state index is 5.37. The van der Waals surface area contributed by atoms with Gasteiger partial charge in [0.15, 0.2) is 11.0 Å². The maximum Gasteiger partial charge on any atom is 0.185 e. The standard InChI is InChI=1S/C13H17N5OS/c1-2-9(1)12-15-11(16-17-12)7-10-8-20-13(14-10)18-3-5-19-6-4-18/h8-9H,1-7H2,(H,15,16,17). The normalized spacial score (nSPS) is 19.5. The van der Waals surface area contributed by atoms with Gasteiger partial charge in [0.2, 0.25) is 0 Å². The average Bonchev–Trinajstić information content (AvgIpc) is 3.06. The lowest BCUT2D eigenvalue weighted by atomic mass is 10.3. The molecule has 2 aliphatic rings. The van der Waals surface area contributed by atoms with Crippen molar-refractivity contribution < 1.29 is 4.74 Å². The molecule has 1 saturated heterocycles. The molecule has 7 heteroatoms. The number of thiazole rings is 1. The Hall–Kier alpha value is -1.47. The Morgan fingerprint density at radius 2 is 2.15 bits per heavy atom. The van der Waals surface area contributed by atoms with Gasteiger partial charge >= 0.3 is 0 Å². The van der Waals surface area contributed by atoms with Gasteiger partial charge in [-0.1, -0.05) is 0 Å². The van der Waals surface area contributed by atoms with Crippen LogP contribution in [0, 0.1) is 0 Å². The minimum absolute atomic E-state index is 0.597. The predicted octanol–water partition coefficient (Wildman–Crippen LogP) is 1.57. The van der Waals surface area contributed by atoms with E-state index in [2.05, 4.69) is 25.5 Å². The summed E-state index contributed by atoms with van der Waals surface area (Å²) in [5, 5.41) is 10.5. The number of morpholine rings is 1. The summed E-state index contributed by atoms with van der Waals surface area (Å²) in [4.78, 5) is 11.5. The lowest BCUT2D eigenvalue weighted by Crippen LogP contribution is -2.36. The SMILES string of the molecule is c1sc(N2CCOCC2)nc1Cc1nc(C2CC2)n[nH]1. The van der Waals surface area contributed by atoms with Crippen LogP contribution in [0.5, 0.6) is 0 Å². The second-order valence-electron chi connectivity index (χ2n) is 5.31. The molecule has 2 aromatic heterocycles. The van der Waals surface area contributed by atoms with Gasteiger partial charge < -0.3 is 9.64 Å². The van der Waals surface area contributed by atoms with Crippen LogP contribution in [-0.2, 0) is 11.2 Å². The quantitative estimate of drug-likeness (QED) is 0.926. The number of hydrogen-bond donors (Lipinski definition) is 1. The van der Waals surface area contributed by atoms with Crippen LogP contribution in [0.1, 0.15) is 36.1 Å². The zero-order valence-corrected chi connectivity index (χ0v) is 12.0. The van der Waals surface area contributed by atoms with Crippen LogP contribution < -0.4 is 4.90 Å². The molecule has 106 valence electrons. The predicted molar refractivity (Wildman–Crippen MR) is 76.3 cm³/mol. The summed E-state index contributed by atoms with van der Waals surface area (Å²) in [6.45, 7) is 3.45. The van der Waals surface area contributed by atoms with Crippen molar-refractivity contribution in [2.75, 3.05) is 31.2 Å². The minimum Gasteiger partial charge on any atom is -0.378 e. The van der Waals surface area contributed by atoms with E-state index in [1.807, 2.05) is 0 Å². The molecule has 6 nitrogen and oxygen atoms in total. The molecule has 0 spiro atoms. The summed E-state index contributed by atoms with van der Waals surface area (Å²) in [7, 11) is 0. The third-order valence-electron chi connectivity index (χ3n) is 3.66. The van der Waals surface area contributed by atoms with E-state index >= 15 is 0 Å². The molecule has 0 aromatic carbocycles. The van der Waals surface area contributed by atoms with Gasteiger partial charge in [-0.2, -0.15) is 5.10 Å². The molecule has 0 bridgehead atoms. The highest BCUT2D eigenvalue weighted by Crippen LogP contribution is 2.37. The highest BCUT2D eigenvalue weighted by atomic mass is 32.1. The Balaban J connectivity index is 1.44. The molecule has 4 rings (SSSR count). The van der Waals surface area contributed by atoms with Gasteiger partial charge in [-0.05, 0) is 12.8 Å². The van der Waals surface area contributed by atoms with Gasteiger partial charge in [0.25, 0.3) is 0 Å². The fraction of sp³-hybridized carbons (Fsp3) is 0.615. The Kier molecular flexibility index (Phi) is 3.16. The molecule has 0 unspecified atom stereocenters. The van der Waals surface area contributed by atoms with Crippen LogP contribution >= 0.6 is 11.3 Å². The van der Waals surface area contributed by atoms with Crippen LogP contribution in [0.2, 0.25) is 0 Å². The first kappa shape index (κ1) is 12.3. The van der Waals surface area contributed by atoms with Crippen LogP contribution in [0.4, 0.5) is 5.13 Å². The zero-order chi connectivity index (χ0) is 13.4. The van der Waals surface area contributed by atoms with E-state index < -0.39 is 0 Å². The van der Waals surface area contributed by atoms with Crippen LogP contribution in [-0.4, -0.2) is 46.5 Å². The molecule has 0 radical (unpaired) electrons. The topological polar surface area (TPSA) is 66.9 Å². The number of nitrogens with zero attached hydrogens (tertiary/aromatic N) is 4. The number of ether oxygens (including phenoxy) is 1. The van der Waals surface area contributed by atoms with E-state index in [4.69, 9.17) is 9.72 Å². The molecule has 1 aliphatic carbocycles. The molecule has 1 N–H and O–H groups in total. The highest BCUT2D eigenvalue weighted by molar-refractivity contribution is 7.13. The fourth-order valence-corrected chi connectivity index (χ4v) is 3.24. The number of nitrogens with one attached hydrogen (secondary N) is 1. The molecule has 1 saturated carbocycles. The largest absolute Gasteiger partial charge is 0.378 e. The van der Waals surface area contributed by atoms with E-state index in [0.717, 1.165) is 55.2 Å². The van der Waals surface area contributed by atoms with Crippen molar-refractivity contribution in [2.45, 2.75) is 25.2 Å². The molecular weight excluding hydrogens is 274 g/mol. The number of H-pyrrole nitrogens is 1. The molecule has 2 fully saturated rings.